The van der Waals surface area contributed by atoms with E-state index in [2.05, 4.69) is 0 Å². The number of nitrogens with zero attached hydrogens (tertiary/aromatic N) is 2. The van der Waals surface area contributed by atoms with E-state index in [1.807, 2.05) is 54.8 Å². The molecule has 0 radical (unpaired) electrons. The van der Waals surface area contributed by atoms with Crippen LogP contribution in [0, 0.1) is 6.92 Å². The monoisotopic (exact) mass is 572 g/mol. The lowest BCUT2D eigenvalue weighted by Gasteiger charge is -2.21. The Labute approximate surface area is 239 Å². The van der Waals surface area contributed by atoms with Crippen molar-refractivity contribution in [3.63, 3.8) is 0 Å². The van der Waals surface area contributed by atoms with Gasteiger partial charge in [-0.25, -0.2) is 13.2 Å². The van der Waals surface area contributed by atoms with E-state index in [1.54, 1.807) is 38.4 Å². The quantitative estimate of drug-likeness (QED) is 0.261. The number of ether oxygens (including phenoxy) is 2. The number of pyridine rings is 1. The van der Waals surface area contributed by atoms with E-state index in [-0.39, 0.29) is 41.1 Å². The lowest BCUT2D eigenvalue weighted by molar-refractivity contribution is 0.0524. The molecule has 0 N–H and O–H groups in total. The van der Waals surface area contributed by atoms with Gasteiger partial charge < -0.3 is 14.0 Å². The molecule has 1 fully saturated rings. The molecule has 8 nitrogen and oxygen atoms in total. The minimum atomic E-state index is -3.69. The van der Waals surface area contributed by atoms with Gasteiger partial charge in [0.15, 0.2) is 5.75 Å². The highest BCUT2D eigenvalue weighted by Gasteiger charge is 2.37. The predicted octanol–water partition coefficient (Wildman–Crippen LogP) is 5.76. The highest BCUT2D eigenvalue weighted by Crippen LogP contribution is 2.44. The van der Waals surface area contributed by atoms with Gasteiger partial charge in [0.25, 0.3) is 0 Å². The first kappa shape index (κ1) is 27.2. The molecule has 2 heterocycles. The molecular weight excluding hydrogens is 540 g/mol. The molecule has 1 saturated carbocycles. The lowest BCUT2D eigenvalue weighted by Crippen LogP contribution is -2.28. The summed E-state index contributed by atoms with van der Waals surface area (Å²) in [5, 5.41) is 0.396. The van der Waals surface area contributed by atoms with Crippen molar-refractivity contribution < 1.29 is 22.7 Å². The molecule has 41 heavy (non-hydrogen) atoms. The molecular formula is C32H32N2O6S. The highest BCUT2D eigenvalue weighted by molar-refractivity contribution is 7.89. The van der Waals surface area contributed by atoms with Crippen molar-refractivity contribution in [3.8, 4) is 16.9 Å². The van der Waals surface area contributed by atoms with Crippen LogP contribution in [0.4, 0.5) is 0 Å². The van der Waals surface area contributed by atoms with Crippen LogP contribution >= 0.6 is 0 Å². The molecule has 9 heteroatoms. The van der Waals surface area contributed by atoms with Crippen molar-refractivity contribution >= 4 is 26.9 Å². The molecule has 1 aliphatic carbocycles. The van der Waals surface area contributed by atoms with Gasteiger partial charge >= 0.3 is 5.97 Å². The third-order valence-electron chi connectivity index (χ3n) is 8.08. The number of aromatic nitrogens is 1. The van der Waals surface area contributed by atoms with Gasteiger partial charge in [-0.2, -0.15) is 4.31 Å². The number of sulfonamides is 1. The van der Waals surface area contributed by atoms with Crippen LogP contribution in [-0.4, -0.2) is 37.0 Å². The molecule has 4 aromatic rings. The first-order valence-electron chi connectivity index (χ1n) is 13.8. The molecule has 1 atom stereocenters. The Kier molecular flexibility index (Phi) is 6.74. The summed E-state index contributed by atoms with van der Waals surface area (Å²) in [6.07, 6.45) is 3.48. The van der Waals surface area contributed by atoms with Gasteiger partial charge in [-0.05, 0) is 80.6 Å². The Balaban J connectivity index is 1.44. The van der Waals surface area contributed by atoms with E-state index < -0.39 is 16.0 Å². The number of hydrogen-bond acceptors (Lipinski definition) is 6. The summed E-state index contributed by atoms with van der Waals surface area (Å²) in [7, 11) is -2.11. The van der Waals surface area contributed by atoms with E-state index in [1.165, 1.54) is 4.31 Å². The second kappa shape index (κ2) is 10.2. The number of aryl methyl sites for hydroxylation is 1. The zero-order valence-corrected chi connectivity index (χ0v) is 24.3. The van der Waals surface area contributed by atoms with Crippen molar-refractivity contribution in [1.82, 2.24) is 8.87 Å². The normalized spacial score (nSPS) is 17.0. The molecule has 0 spiro atoms. The fraction of sp³-hybridized carbons (Fsp3) is 0.312. The zero-order chi connectivity index (χ0) is 29.1. The topological polar surface area (TPSA) is 94.9 Å². The SMILES string of the molecule is CCOC(=O)c1cn(C2CC2)c2c(OC)c(-c3ccc4c(c3)CN(S(=O)(=O)c3ccc(C)cc3)C4C)ccc2c1=O. The summed E-state index contributed by atoms with van der Waals surface area (Å²) < 4.78 is 41.6. The summed E-state index contributed by atoms with van der Waals surface area (Å²) in [6.45, 7) is 5.98. The Morgan fingerprint density at radius 1 is 1.05 bits per heavy atom. The average Bonchev–Trinajstić information content (AvgIpc) is 3.75. The number of fused-ring (bicyclic) bond motifs is 2. The van der Waals surface area contributed by atoms with E-state index in [4.69, 9.17) is 9.47 Å². The van der Waals surface area contributed by atoms with Crippen molar-refractivity contribution in [2.75, 3.05) is 13.7 Å². The fourth-order valence-electron chi connectivity index (χ4n) is 5.76. The van der Waals surface area contributed by atoms with Crippen LogP contribution in [0.5, 0.6) is 5.75 Å². The second-order valence-corrected chi connectivity index (χ2v) is 12.6. The number of carbonyl (C=O) groups is 1. The van der Waals surface area contributed by atoms with Crippen LogP contribution in [0.2, 0.25) is 0 Å². The third kappa shape index (κ3) is 4.53. The minimum absolute atomic E-state index is 0.0162. The number of hydrogen-bond donors (Lipinski definition) is 0. The van der Waals surface area contributed by atoms with Crippen LogP contribution in [0.1, 0.15) is 65.8 Å². The predicted molar refractivity (Wildman–Crippen MR) is 157 cm³/mol. The van der Waals surface area contributed by atoms with Crippen LogP contribution in [0.3, 0.4) is 0 Å². The third-order valence-corrected chi connectivity index (χ3v) is 10.0. The number of benzene rings is 3. The van der Waals surface area contributed by atoms with Crippen LogP contribution in [-0.2, 0) is 21.3 Å². The first-order chi connectivity index (χ1) is 19.6. The maximum atomic E-state index is 13.5. The van der Waals surface area contributed by atoms with Gasteiger partial charge in [0.05, 0.1) is 29.5 Å². The van der Waals surface area contributed by atoms with E-state index >= 15 is 0 Å². The summed E-state index contributed by atoms with van der Waals surface area (Å²) in [5.41, 5.74) is 4.79. The van der Waals surface area contributed by atoms with Gasteiger partial charge in [-0.3, -0.25) is 4.79 Å². The van der Waals surface area contributed by atoms with Gasteiger partial charge in [0.2, 0.25) is 15.5 Å². The molecule has 0 amide bonds. The minimum Gasteiger partial charge on any atom is -0.494 e. The Bertz CT molecular complexity index is 1860. The van der Waals surface area contributed by atoms with Gasteiger partial charge in [0, 0.05) is 30.4 Å². The molecule has 0 bridgehead atoms. The largest absolute Gasteiger partial charge is 0.494 e. The van der Waals surface area contributed by atoms with E-state index in [9.17, 15) is 18.0 Å². The number of methoxy groups -OCH3 is 1. The van der Waals surface area contributed by atoms with Crippen LogP contribution in [0.25, 0.3) is 22.0 Å². The molecule has 2 aliphatic rings. The maximum absolute atomic E-state index is 13.5. The zero-order valence-electron chi connectivity index (χ0n) is 23.5. The smallest absolute Gasteiger partial charge is 0.343 e. The number of rotatable bonds is 7. The Morgan fingerprint density at radius 2 is 1.78 bits per heavy atom. The summed E-state index contributed by atoms with van der Waals surface area (Å²) >= 11 is 0. The molecule has 1 aromatic heterocycles. The van der Waals surface area contributed by atoms with Crippen molar-refractivity contribution in [1.29, 1.82) is 0 Å². The average molecular weight is 573 g/mol. The Hall–Kier alpha value is -3.95. The second-order valence-electron chi connectivity index (χ2n) is 10.7. The van der Waals surface area contributed by atoms with Crippen LogP contribution in [0.15, 0.2) is 70.5 Å². The number of esters is 1. The van der Waals surface area contributed by atoms with Crippen molar-refractivity contribution in [2.24, 2.45) is 0 Å². The molecule has 1 aliphatic heterocycles. The summed E-state index contributed by atoms with van der Waals surface area (Å²) in [4.78, 5) is 26.2. The standard InChI is InChI=1S/C32H32N2O6S/c1-5-40-32(36)28-18-33(23-9-10-23)29-27(30(28)35)15-14-26(31(29)39-4)21-8-13-25-20(3)34(17-22(25)16-21)41(37,38)24-11-6-19(2)7-12-24/h6-8,11-16,18,20,23H,5,9-10,17H2,1-4H3. The molecule has 3 aromatic carbocycles. The summed E-state index contributed by atoms with van der Waals surface area (Å²) in [5.74, 6) is -0.0910. The number of carbonyl (C=O) groups excluding carboxylic acids is 1. The highest BCUT2D eigenvalue weighted by atomic mass is 32.2. The lowest BCUT2D eigenvalue weighted by atomic mass is 9.96. The van der Waals surface area contributed by atoms with E-state index in [0.717, 1.165) is 40.7 Å². The van der Waals surface area contributed by atoms with E-state index in [0.29, 0.717) is 16.7 Å². The molecule has 212 valence electrons. The molecule has 6 rings (SSSR count). The van der Waals surface area contributed by atoms with Gasteiger partial charge in [-0.1, -0.05) is 29.8 Å². The van der Waals surface area contributed by atoms with Crippen LogP contribution < -0.4 is 10.2 Å². The summed E-state index contributed by atoms with van der Waals surface area (Å²) in [6, 6.07) is 16.3. The first-order valence-corrected chi connectivity index (χ1v) is 15.2. The van der Waals surface area contributed by atoms with Crippen molar-refractivity contribution in [2.45, 2.75) is 57.1 Å². The van der Waals surface area contributed by atoms with Crippen molar-refractivity contribution in [3.05, 3.63) is 93.3 Å². The maximum Gasteiger partial charge on any atom is 0.343 e. The molecule has 0 saturated heterocycles. The fourth-order valence-corrected chi connectivity index (χ4v) is 7.35. The molecule has 1 unspecified atom stereocenters. The Morgan fingerprint density at radius 3 is 2.44 bits per heavy atom. The van der Waals surface area contributed by atoms with Gasteiger partial charge in [-0.15, -0.1) is 0 Å². The van der Waals surface area contributed by atoms with Gasteiger partial charge in [0.1, 0.15) is 5.56 Å².